The molecule has 0 atom stereocenters. The van der Waals surface area contributed by atoms with E-state index < -0.39 is 5.97 Å². The number of carbonyl (C=O) groups excluding carboxylic acids is 1. The summed E-state index contributed by atoms with van der Waals surface area (Å²) in [7, 11) is 0. The largest absolute Gasteiger partial charge is 0.424 e. The van der Waals surface area contributed by atoms with E-state index in [0.29, 0.717) is 26.8 Å². The second-order valence-electron chi connectivity index (χ2n) is 6.56. The standard InChI is InChI=1S/C20H16Br2ClN3O3/c1-10(2)19-25-17-5-4-13(21)8-14(17)20(28)26(19)24-9-12-6-15(22)18(16(23)7-12)29-11(3)27/h4-10H,1-3H3. The molecule has 1 aromatic heterocycles. The van der Waals surface area contributed by atoms with Crippen LogP contribution in [0, 0.1) is 0 Å². The van der Waals surface area contributed by atoms with E-state index in [1.165, 1.54) is 17.8 Å². The topological polar surface area (TPSA) is 73.5 Å². The van der Waals surface area contributed by atoms with E-state index in [9.17, 15) is 9.59 Å². The Kier molecular flexibility index (Phi) is 6.55. The Morgan fingerprint density at radius 3 is 2.62 bits per heavy atom. The number of carbonyl (C=O) groups is 1. The number of ether oxygens (including phenoxy) is 1. The van der Waals surface area contributed by atoms with Crippen LogP contribution >= 0.6 is 43.5 Å². The van der Waals surface area contributed by atoms with Crippen LogP contribution < -0.4 is 10.3 Å². The summed E-state index contributed by atoms with van der Waals surface area (Å²) in [6, 6.07) is 8.66. The number of esters is 1. The number of fused-ring (bicyclic) bond motifs is 1. The number of benzene rings is 2. The summed E-state index contributed by atoms with van der Waals surface area (Å²) in [6.45, 7) is 5.18. The van der Waals surface area contributed by atoms with Crippen molar-refractivity contribution >= 4 is 66.5 Å². The summed E-state index contributed by atoms with van der Waals surface area (Å²) >= 11 is 12.9. The summed E-state index contributed by atoms with van der Waals surface area (Å²) in [5.74, 6) is 0.279. The maximum atomic E-state index is 13.0. The van der Waals surface area contributed by atoms with Crippen molar-refractivity contribution in [3.05, 3.63) is 66.0 Å². The van der Waals surface area contributed by atoms with Crippen LogP contribution in [0.2, 0.25) is 5.02 Å². The van der Waals surface area contributed by atoms with Crippen molar-refractivity contribution in [2.75, 3.05) is 0 Å². The van der Waals surface area contributed by atoms with E-state index in [1.54, 1.807) is 24.3 Å². The number of hydrogen-bond acceptors (Lipinski definition) is 5. The van der Waals surface area contributed by atoms with Crippen molar-refractivity contribution in [2.45, 2.75) is 26.7 Å². The first-order valence-corrected chi connectivity index (χ1v) is 10.6. The van der Waals surface area contributed by atoms with Gasteiger partial charge in [0.1, 0.15) is 5.82 Å². The molecular formula is C20H16Br2ClN3O3. The first kappa shape index (κ1) is 21.7. The van der Waals surface area contributed by atoms with Gasteiger partial charge >= 0.3 is 5.97 Å². The fourth-order valence-electron chi connectivity index (χ4n) is 2.67. The van der Waals surface area contributed by atoms with Crippen molar-refractivity contribution < 1.29 is 9.53 Å². The quantitative estimate of drug-likeness (QED) is 0.248. The molecule has 0 N–H and O–H groups in total. The van der Waals surface area contributed by atoms with Crippen LogP contribution in [-0.4, -0.2) is 21.8 Å². The smallest absolute Gasteiger partial charge is 0.308 e. The molecule has 150 valence electrons. The van der Waals surface area contributed by atoms with Gasteiger partial charge in [0.05, 0.1) is 26.6 Å². The molecule has 0 saturated heterocycles. The average molecular weight is 542 g/mol. The second-order valence-corrected chi connectivity index (χ2v) is 8.73. The van der Waals surface area contributed by atoms with E-state index in [0.717, 1.165) is 4.47 Å². The first-order chi connectivity index (χ1) is 13.7. The Labute approximate surface area is 188 Å². The molecule has 0 fully saturated rings. The molecule has 3 aromatic rings. The number of aromatic nitrogens is 2. The molecular weight excluding hydrogens is 525 g/mol. The lowest BCUT2D eigenvalue weighted by Crippen LogP contribution is -2.23. The van der Waals surface area contributed by atoms with Crippen molar-refractivity contribution in [2.24, 2.45) is 5.10 Å². The average Bonchev–Trinajstić information content (AvgIpc) is 2.64. The zero-order valence-electron chi connectivity index (χ0n) is 15.7. The van der Waals surface area contributed by atoms with E-state index in [2.05, 4.69) is 41.9 Å². The summed E-state index contributed by atoms with van der Waals surface area (Å²) in [6.07, 6.45) is 1.51. The third-order valence-electron chi connectivity index (χ3n) is 3.94. The Balaban J connectivity index is 2.11. The molecule has 0 unspecified atom stereocenters. The molecule has 0 saturated carbocycles. The molecule has 0 radical (unpaired) electrons. The predicted molar refractivity (Wildman–Crippen MR) is 121 cm³/mol. The minimum atomic E-state index is -0.476. The molecule has 2 aromatic carbocycles. The maximum absolute atomic E-state index is 13.0. The SMILES string of the molecule is CC(=O)Oc1c(Cl)cc(C=Nn2c(C(C)C)nc3ccc(Br)cc3c2=O)cc1Br. The Morgan fingerprint density at radius 1 is 1.28 bits per heavy atom. The number of halogens is 3. The highest BCUT2D eigenvalue weighted by atomic mass is 79.9. The van der Waals surface area contributed by atoms with Crippen molar-refractivity contribution in [1.82, 2.24) is 9.66 Å². The molecule has 1 heterocycles. The minimum absolute atomic E-state index is 0.0189. The molecule has 0 aliphatic rings. The minimum Gasteiger partial charge on any atom is -0.424 e. The van der Waals surface area contributed by atoms with Crippen LogP contribution in [0.15, 0.2) is 49.2 Å². The van der Waals surface area contributed by atoms with Crippen LogP contribution in [0.25, 0.3) is 10.9 Å². The van der Waals surface area contributed by atoms with Gasteiger partial charge in [-0.3, -0.25) is 9.59 Å². The van der Waals surface area contributed by atoms with Crippen LogP contribution in [0.1, 0.15) is 38.1 Å². The van der Waals surface area contributed by atoms with Gasteiger partial charge in [-0.2, -0.15) is 9.78 Å². The van der Waals surface area contributed by atoms with Gasteiger partial charge in [0, 0.05) is 17.3 Å². The van der Waals surface area contributed by atoms with E-state index in [4.69, 9.17) is 16.3 Å². The van der Waals surface area contributed by atoms with Gasteiger partial charge in [-0.05, 0) is 51.8 Å². The van der Waals surface area contributed by atoms with Gasteiger partial charge in [0.2, 0.25) is 0 Å². The van der Waals surface area contributed by atoms with Gasteiger partial charge in [-0.25, -0.2) is 4.98 Å². The molecule has 29 heavy (non-hydrogen) atoms. The van der Waals surface area contributed by atoms with Crippen LogP contribution in [0.4, 0.5) is 0 Å². The lowest BCUT2D eigenvalue weighted by atomic mass is 10.2. The molecule has 0 spiro atoms. The van der Waals surface area contributed by atoms with Gasteiger partial charge < -0.3 is 4.74 Å². The van der Waals surface area contributed by atoms with Crippen molar-refractivity contribution in [3.63, 3.8) is 0 Å². The number of nitrogens with zero attached hydrogens (tertiary/aromatic N) is 3. The third kappa shape index (κ3) is 4.76. The molecule has 3 rings (SSSR count). The third-order valence-corrected chi connectivity index (χ3v) is 5.30. The van der Waals surface area contributed by atoms with E-state index >= 15 is 0 Å². The Hall–Kier alpha value is -2.03. The fourth-order valence-corrected chi connectivity index (χ4v) is 3.97. The second kappa shape index (κ2) is 8.77. The van der Waals surface area contributed by atoms with E-state index in [1.807, 2.05) is 19.9 Å². The lowest BCUT2D eigenvalue weighted by Gasteiger charge is -2.12. The van der Waals surface area contributed by atoms with Crippen molar-refractivity contribution in [1.29, 1.82) is 0 Å². The van der Waals surface area contributed by atoms with E-state index in [-0.39, 0.29) is 22.2 Å². The lowest BCUT2D eigenvalue weighted by molar-refractivity contribution is -0.131. The van der Waals surface area contributed by atoms with Crippen molar-refractivity contribution in [3.8, 4) is 5.75 Å². The fraction of sp³-hybridized carbons (Fsp3) is 0.200. The maximum Gasteiger partial charge on any atom is 0.308 e. The zero-order valence-corrected chi connectivity index (χ0v) is 19.7. The number of rotatable bonds is 4. The molecule has 0 aliphatic carbocycles. The van der Waals surface area contributed by atoms with Gasteiger partial charge in [0.15, 0.2) is 5.75 Å². The first-order valence-electron chi connectivity index (χ1n) is 8.61. The highest BCUT2D eigenvalue weighted by Crippen LogP contribution is 2.34. The summed E-state index contributed by atoms with van der Waals surface area (Å²) in [5, 5.41) is 5.07. The Bertz CT molecular complexity index is 1180. The normalized spacial score (nSPS) is 11.6. The van der Waals surface area contributed by atoms with Gasteiger partial charge in [-0.15, -0.1) is 0 Å². The molecule has 6 nitrogen and oxygen atoms in total. The highest BCUT2D eigenvalue weighted by Gasteiger charge is 2.14. The zero-order chi connectivity index (χ0) is 21.3. The summed E-state index contributed by atoms with van der Waals surface area (Å²) in [4.78, 5) is 28.8. The number of hydrogen-bond donors (Lipinski definition) is 0. The predicted octanol–water partition coefficient (Wildman–Crippen LogP) is 5.51. The molecule has 0 bridgehead atoms. The van der Waals surface area contributed by atoms with Gasteiger partial charge in [0.25, 0.3) is 5.56 Å². The van der Waals surface area contributed by atoms with Gasteiger partial charge in [-0.1, -0.05) is 41.4 Å². The van der Waals surface area contributed by atoms with Crippen LogP contribution in [0.5, 0.6) is 5.75 Å². The molecule has 9 heteroatoms. The monoisotopic (exact) mass is 539 g/mol. The summed E-state index contributed by atoms with van der Waals surface area (Å²) < 4.78 is 7.67. The molecule has 0 amide bonds. The Morgan fingerprint density at radius 2 is 2.00 bits per heavy atom. The van der Waals surface area contributed by atoms with Crippen LogP contribution in [-0.2, 0) is 4.79 Å². The summed E-state index contributed by atoms with van der Waals surface area (Å²) in [5.41, 5.74) is 0.969. The highest BCUT2D eigenvalue weighted by molar-refractivity contribution is 9.10. The van der Waals surface area contributed by atoms with Crippen LogP contribution in [0.3, 0.4) is 0 Å². The molecule has 0 aliphatic heterocycles.